The van der Waals surface area contributed by atoms with Gasteiger partial charge in [0, 0.05) is 37.3 Å². The van der Waals surface area contributed by atoms with Crippen molar-refractivity contribution in [2.75, 3.05) is 24.7 Å². The average Bonchev–Trinajstić information content (AvgIpc) is 2.28. The lowest BCUT2D eigenvalue weighted by atomic mass is 10.1. The predicted molar refractivity (Wildman–Crippen MR) is 63.4 cm³/mol. The SMILES string of the molecule is CNc1nc(C)c(NC)c2ccncc12. The summed E-state index contributed by atoms with van der Waals surface area (Å²) < 4.78 is 0. The van der Waals surface area contributed by atoms with Gasteiger partial charge in [-0.25, -0.2) is 4.98 Å². The number of hydrogen-bond donors (Lipinski definition) is 2. The third kappa shape index (κ3) is 1.48. The van der Waals surface area contributed by atoms with Gasteiger partial charge in [0.15, 0.2) is 0 Å². The van der Waals surface area contributed by atoms with Crippen molar-refractivity contribution in [3.63, 3.8) is 0 Å². The molecule has 0 amide bonds. The fourth-order valence-corrected chi connectivity index (χ4v) is 1.79. The van der Waals surface area contributed by atoms with Gasteiger partial charge in [0.05, 0.1) is 11.4 Å². The van der Waals surface area contributed by atoms with Crippen LogP contribution >= 0.6 is 0 Å². The molecule has 0 spiro atoms. The van der Waals surface area contributed by atoms with E-state index in [9.17, 15) is 0 Å². The van der Waals surface area contributed by atoms with Crippen molar-refractivity contribution in [1.82, 2.24) is 9.97 Å². The van der Waals surface area contributed by atoms with E-state index in [4.69, 9.17) is 0 Å². The number of aryl methyl sites for hydroxylation is 1. The molecular formula is C11H14N4. The second-order valence-electron chi connectivity index (χ2n) is 3.34. The standard InChI is InChI=1S/C11H14N4/c1-7-10(12-2)8-4-5-14-6-9(8)11(13-3)15-7/h4-6,12H,1-3H3,(H,13,15). The number of nitrogens with zero attached hydrogens (tertiary/aromatic N) is 2. The number of pyridine rings is 2. The van der Waals surface area contributed by atoms with E-state index in [0.717, 1.165) is 28.0 Å². The average molecular weight is 202 g/mol. The summed E-state index contributed by atoms with van der Waals surface area (Å²) in [6.07, 6.45) is 3.62. The Labute approximate surface area is 88.7 Å². The molecule has 2 heterocycles. The topological polar surface area (TPSA) is 49.8 Å². The quantitative estimate of drug-likeness (QED) is 0.782. The van der Waals surface area contributed by atoms with Crippen molar-refractivity contribution in [3.8, 4) is 0 Å². The monoisotopic (exact) mass is 202 g/mol. The van der Waals surface area contributed by atoms with Crippen molar-refractivity contribution in [1.29, 1.82) is 0 Å². The van der Waals surface area contributed by atoms with Crippen molar-refractivity contribution < 1.29 is 0 Å². The summed E-state index contributed by atoms with van der Waals surface area (Å²) in [5.74, 6) is 0.870. The molecule has 0 aliphatic carbocycles. The number of fused-ring (bicyclic) bond motifs is 1. The van der Waals surface area contributed by atoms with Gasteiger partial charge in [-0.15, -0.1) is 0 Å². The zero-order chi connectivity index (χ0) is 10.8. The van der Waals surface area contributed by atoms with Gasteiger partial charge in [-0.05, 0) is 13.0 Å². The summed E-state index contributed by atoms with van der Waals surface area (Å²) in [6.45, 7) is 1.99. The molecule has 2 aromatic heterocycles. The van der Waals surface area contributed by atoms with Crippen LogP contribution in [0.5, 0.6) is 0 Å². The molecule has 0 aliphatic heterocycles. The van der Waals surface area contributed by atoms with Gasteiger partial charge >= 0.3 is 0 Å². The number of hydrogen-bond acceptors (Lipinski definition) is 4. The fourth-order valence-electron chi connectivity index (χ4n) is 1.79. The Bertz CT molecular complexity index is 493. The highest BCUT2D eigenvalue weighted by Gasteiger charge is 2.08. The van der Waals surface area contributed by atoms with E-state index in [1.54, 1.807) is 6.20 Å². The highest BCUT2D eigenvalue weighted by atomic mass is 15.0. The van der Waals surface area contributed by atoms with Crippen LogP contribution in [0.4, 0.5) is 11.5 Å². The molecule has 2 aromatic rings. The third-order valence-electron chi connectivity index (χ3n) is 2.47. The molecular weight excluding hydrogens is 188 g/mol. The zero-order valence-electron chi connectivity index (χ0n) is 9.13. The lowest BCUT2D eigenvalue weighted by Gasteiger charge is -2.12. The van der Waals surface area contributed by atoms with Gasteiger partial charge in [0.2, 0.25) is 0 Å². The molecule has 0 atom stereocenters. The molecule has 0 unspecified atom stereocenters. The number of nitrogens with one attached hydrogen (secondary N) is 2. The Balaban J connectivity index is 2.86. The van der Waals surface area contributed by atoms with Crippen LogP contribution < -0.4 is 10.6 Å². The minimum Gasteiger partial charge on any atom is -0.386 e. The Hall–Kier alpha value is -1.84. The Kier molecular flexibility index (Phi) is 2.41. The summed E-state index contributed by atoms with van der Waals surface area (Å²) >= 11 is 0. The third-order valence-corrected chi connectivity index (χ3v) is 2.47. The molecule has 0 radical (unpaired) electrons. The van der Waals surface area contributed by atoms with Gasteiger partial charge in [-0.3, -0.25) is 4.98 Å². The molecule has 0 saturated heterocycles. The van der Waals surface area contributed by atoms with Crippen LogP contribution in [0.3, 0.4) is 0 Å². The van der Waals surface area contributed by atoms with Crippen molar-refractivity contribution >= 4 is 22.3 Å². The lowest BCUT2D eigenvalue weighted by Crippen LogP contribution is -2.01. The molecule has 4 heteroatoms. The molecule has 0 aliphatic rings. The summed E-state index contributed by atoms with van der Waals surface area (Å²) in [5.41, 5.74) is 2.05. The fraction of sp³-hybridized carbons (Fsp3) is 0.273. The maximum Gasteiger partial charge on any atom is 0.135 e. The molecule has 4 nitrogen and oxygen atoms in total. The van der Waals surface area contributed by atoms with Gasteiger partial charge in [-0.2, -0.15) is 0 Å². The van der Waals surface area contributed by atoms with Crippen LogP contribution in [0.2, 0.25) is 0 Å². The highest BCUT2D eigenvalue weighted by molar-refractivity contribution is 6.00. The van der Waals surface area contributed by atoms with Gasteiger partial charge in [0.25, 0.3) is 0 Å². The largest absolute Gasteiger partial charge is 0.386 e. The molecule has 78 valence electrons. The van der Waals surface area contributed by atoms with Gasteiger partial charge < -0.3 is 10.6 Å². The van der Waals surface area contributed by atoms with E-state index >= 15 is 0 Å². The normalized spacial score (nSPS) is 10.3. The van der Waals surface area contributed by atoms with E-state index < -0.39 is 0 Å². The number of rotatable bonds is 2. The summed E-state index contributed by atoms with van der Waals surface area (Å²) in [5, 5.41) is 8.43. The minimum absolute atomic E-state index is 0.870. The first-order valence-electron chi connectivity index (χ1n) is 4.87. The highest BCUT2D eigenvalue weighted by Crippen LogP contribution is 2.29. The summed E-state index contributed by atoms with van der Waals surface area (Å²) in [7, 11) is 3.77. The van der Waals surface area contributed by atoms with E-state index in [-0.39, 0.29) is 0 Å². The van der Waals surface area contributed by atoms with E-state index in [1.165, 1.54) is 0 Å². The van der Waals surface area contributed by atoms with E-state index in [2.05, 4.69) is 20.6 Å². The zero-order valence-corrected chi connectivity index (χ0v) is 9.13. The van der Waals surface area contributed by atoms with Gasteiger partial charge in [-0.1, -0.05) is 0 Å². The van der Waals surface area contributed by atoms with Crippen LogP contribution in [0.15, 0.2) is 18.5 Å². The van der Waals surface area contributed by atoms with Crippen molar-refractivity contribution in [2.45, 2.75) is 6.92 Å². The van der Waals surface area contributed by atoms with E-state index in [0.29, 0.717) is 0 Å². The Morgan fingerprint density at radius 2 is 1.93 bits per heavy atom. The second-order valence-corrected chi connectivity index (χ2v) is 3.34. The molecule has 15 heavy (non-hydrogen) atoms. The number of anilines is 2. The second kappa shape index (κ2) is 3.73. The van der Waals surface area contributed by atoms with Crippen molar-refractivity contribution in [3.05, 3.63) is 24.2 Å². The first-order valence-corrected chi connectivity index (χ1v) is 4.87. The molecule has 0 aromatic carbocycles. The first kappa shape index (κ1) is 9.71. The molecule has 0 bridgehead atoms. The summed E-state index contributed by atoms with van der Waals surface area (Å²) in [6, 6.07) is 2.00. The summed E-state index contributed by atoms with van der Waals surface area (Å²) in [4.78, 5) is 8.60. The van der Waals surface area contributed by atoms with Crippen LogP contribution in [0, 0.1) is 6.92 Å². The Morgan fingerprint density at radius 1 is 1.13 bits per heavy atom. The van der Waals surface area contributed by atoms with Gasteiger partial charge in [0.1, 0.15) is 5.82 Å². The smallest absolute Gasteiger partial charge is 0.135 e. The number of aromatic nitrogens is 2. The Morgan fingerprint density at radius 3 is 2.60 bits per heavy atom. The lowest BCUT2D eigenvalue weighted by molar-refractivity contribution is 1.20. The minimum atomic E-state index is 0.870. The maximum atomic E-state index is 4.48. The predicted octanol–water partition coefficient (Wildman–Crippen LogP) is 2.02. The van der Waals surface area contributed by atoms with Crippen LogP contribution in [0.1, 0.15) is 5.69 Å². The van der Waals surface area contributed by atoms with Crippen LogP contribution in [0.25, 0.3) is 10.8 Å². The van der Waals surface area contributed by atoms with Crippen LogP contribution in [-0.4, -0.2) is 24.1 Å². The molecule has 2 N–H and O–H groups in total. The van der Waals surface area contributed by atoms with Crippen molar-refractivity contribution in [2.24, 2.45) is 0 Å². The van der Waals surface area contributed by atoms with Crippen LogP contribution in [-0.2, 0) is 0 Å². The molecule has 0 saturated carbocycles. The molecule has 0 fully saturated rings. The molecule has 2 rings (SSSR count). The van der Waals surface area contributed by atoms with E-state index in [1.807, 2.05) is 33.3 Å². The maximum absolute atomic E-state index is 4.48. The first-order chi connectivity index (χ1) is 7.27.